The smallest absolute Gasteiger partial charge is 0.146 e. The van der Waals surface area contributed by atoms with Crippen LogP contribution in [0.1, 0.15) is 0 Å². The molecule has 0 unspecified atom stereocenters. The van der Waals surface area contributed by atoms with Crippen LogP contribution in [0.3, 0.4) is 0 Å². The van der Waals surface area contributed by atoms with Gasteiger partial charge in [-0.05, 0) is 18.2 Å². The average Bonchev–Trinajstić information content (AvgIpc) is 3.66. The molecule has 9 nitrogen and oxygen atoms in total. The summed E-state index contributed by atoms with van der Waals surface area (Å²) in [7, 11) is 0. The van der Waals surface area contributed by atoms with Gasteiger partial charge in [-0.25, -0.2) is 15.0 Å². The molecule has 0 aromatic carbocycles. The van der Waals surface area contributed by atoms with Crippen molar-refractivity contribution in [1.82, 2.24) is 39.5 Å². The first-order chi connectivity index (χ1) is 19.3. The van der Waals surface area contributed by atoms with E-state index in [1.807, 2.05) is 61.7 Å². The van der Waals surface area contributed by atoms with Gasteiger partial charge in [0, 0.05) is 81.4 Å². The second-order valence-electron chi connectivity index (χ2n) is 9.23. The van der Waals surface area contributed by atoms with Crippen molar-refractivity contribution < 1.29 is 4.42 Å². The third-order valence-corrected chi connectivity index (χ3v) is 8.25. The van der Waals surface area contributed by atoms with Crippen molar-refractivity contribution >= 4 is 75.5 Å². The van der Waals surface area contributed by atoms with E-state index in [1.165, 1.54) is 0 Å². The molecule has 0 aliphatic heterocycles. The standard InChI is InChI=1S/C29H14N8OS/c1-3-31-13-25-16(1)17-5-15(6-35-29(17)39-25)37-22-11-33-8-19(26(22)27-23(37)12-34-14-36-27)21-10-32-9-20-18-7-30-4-2-24(18)38-28(20)21/h1-14H. The monoisotopic (exact) mass is 522 g/mol. The fourth-order valence-corrected chi connectivity index (χ4v) is 6.50. The molecule has 9 aromatic heterocycles. The first-order valence-electron chi connectivity index (χ1n) is 12.2. The molecule has 0 aliphatic carbocycles. The van der Waals surface area contributed by atoms with Crippen molar-refractivity contribution in [1.29, 1.82) is 0 Å². The number of fused-ring (bicyclic) bond motifs is 9. The minimum atomic E-state index is 0.735. The molecule has 0 atom stereocenters. The molecule has 0 amide bonds. The minimum absolute atomic E-state index is 0.735. The van der Waals surface area contributed by atoms with Gasteiger partial charge < -0.3 is 8.98 Å². The molecule has 39 heavy (non-hydrogen) atoms. The normalized spacial score (nSPS) is 12.1. The van der Waals surface area contributed by atoms with Gasteiger partial charge in [0.05, 0.1) is 40.0 Å². The molecule has 0 radical (unpaired) electrons. The van der Waals surface area contributed by atoms with Crippen molar-refractivity contribution in [2.24, 2.45) is 0 Å². The van der Waals surface area contributed by atoms with Gasteiger partial charge in [-0.2, -0.15) is 0 Å². The van der Waals surface area contributed by atoms with Crippen molar-refractivity contribution in [3.05, 3.63) is 86.5 Å². The summed E-state index contributed by atoms with van der Waals surface area (Å²) < 4.78 is 9.53. The maximum atomic E-state index is 6.31. The third-order valence-electron chi connectivity index (χ3n) is 7.18. The molecule has 182 valence electrons. The summed E-state index contributed by atoms with van der Waals surface area (Å²) in [5, 5.41) is 4.97. The Morgan fingerprint density at radius 3 is 2.51 bits per heavy atom. The third kappa shape index (κ3) is 2.80. The van der Waals surface area contributed by atoms with E-state index in [0.717, 1.165) is 81.0 Å². The number of rotatable bonds is 2. The molecule has 0 aliphatic rings. The molecular weight excluding hydrogens is 508 g/mol. The van der Waals surface area contributed by atoms with Crippen LogP contribution in [-0.4, -0.2) is 39.5 Å². The van der Waals surface area contributed by atoms with E-state index >= 15 is 0 Å². The zero-order valence-corrected chi connectivity index (χ0v) is 20.8. The van der Waals surface area contributed by atoms with Gasteiger partial charge in [-0.15, -0.1) is 11.3 Å². The van der Waals surface area contributed by atoms with Gasteiger partial charge in [0.2, 0.25) is 0 Å². The molecule has 9 heterocycles. The van der Waals surface area contributed by atoms with Gasteiger partial charge >= 0.3 is 0 Å². The lowest BCUT2D eigenvalue weighted by molar-refractivity contribution is 0.669. The summed E-state index contributed by atoms with van der Waals surface area (Å²) >= 11 is 1.64. The maximum Gasteiger partial charge on any atom is 0.146 e. The van der Waals surface area contributed by atoms with E-state index in [0.29, 0.717) is 0 Å². The van der Waals surface area contributed by atoms with Crippen LogP contribution in [0.2, 0.25) is 0 Å². The second kappa shape index (κ2) is 7.59. The van der Waals surface area contributed by atoms with Crippen molar-refractivity contribution in [2.45, 2.75) is 0 Å². The summed E-state index contributed by atoms with van der Waals surface area (Å²) in [5.41, 5.74) is 6.67. The number of aromatic nitrogens is 8. The van der Waals surface area contributed by atoms with Crippen molar-refractivity contribution in [3.63, 3.8) is 0 Å². The Labute approximate surface area is 222 Å². The van der Waals surface area contributed by atoms with E-state index in [4.69, 9.17) is 14.4 Å². The minimum Gasteiger partial charge on any atom is -0.455 e. The molecule has 10 heteroatoms. The highest BCUT2D eigenvalue weighted by atomic mass is 32.1. The van der Waals surface area contributed by atoms with Gasteiger partial charge in [0.25, 0.3) is 0 Å². The lowest BCUT2D eigenvalue weighted by atomic mass is 10.0. The van der Waals surface area contributed by atoms with Crippen LogP contribution in [0.15, 0.2) is 90.9 Å². The maximum absolute atomic E-state index is 6.31. The van der Waals surface area contributed by atoms with Crippen LogP contribution in [-0.2, 0) is 0 Å². The van der Waals surface area contributed by atoms with E-state index in [1.54, 1.807) is 30.1 Å². The Morgan fingerprint density at radius 1 is 0.667 bits per heavy atom. The van der Waals surface area contributed by atoms with Crippen LogP contribution in [0.5, 0.6) is 0 Å². The zero-order chi connectivity index (χ0) is 25.5. The predicted molar refractivity (Wildman–Crippen MR) is 151 cm³/mol. The highest BCUT2D eigenvalue weighted by Gasteiger charge is 2.21. The van der Waals surface area contributed by atoms with E-state index in [9.17, 15) is 0 Å². The van der Waals surface area contributed by atoms with Gasteiger partial charge in [-0.3, -0.25) is 19.9 Å². The predicted octanol–water partition coefficient (Wildman–Crippen LogP) is 6.48. The van der Waals surface area contributed by atoms with Crippen LogP contribution in [0.25, 0.3) is 81.0 Å². The molecule has 0 fully saturated rings. The average molecular weight is 523 g/mol. The summed E-state index contributed by atoms with van der Waals surface area (Å²) in [6, 6.07) is 6.06. The number of thiophene rings is 1. The number of hydrogen-bond acceptors (Lipinski definition) is 9. The van der Waals surface area contributed by atoms with Crippen molar-refractivity contribution in [3.8, 4) is 16.8 Å². The van der Waals surface area contributed by atoms with Gasteiger partial charge in [-0.1, -0.05) is 0 Å². The number of pyridine rings is 5. The second-order valence-corrected chi connectivity index (χ2v) is 10.3. The Kier molecular flexibility index (Phi) is 4.02. The SMILES string of the molecule is c1cc2c(cn1)sc1ncc(-n3c4cncnc4c4c(-c5cncc6c5oc5ccncc56)cncc43)cc12. The first kappa shape index (κ1) is 20.7. The van der Waals surface area contributed by atoms with Gasteiger partial charge in [0.1, 0.15) is 27.8 Å². The number of hydrogen-bond donors (Lipinski definition) is 0. The van der Waals surface area contributed by atoms with Crippen LogP contribution >= 0.6 is 11.3 Å². The fraction of sp³-hybridized carbons (Fsp3) is 0. The van der Waals surface area contributed by atoms with Crippen LogP contribution in [0, 0.1) is 0 Å². The topological polar surface area (TPSA) is 108 Å². The lowest BCUT2D eigenvalue weighted by Crippen LogP contribution is -1.96. The Hall–Kier alpha value is -5.35. The van der Waals surface area contributed by atoms with E-state index in [2.05, 4.69) is 35.6 Å². The largest absolute Gasteiger partial charge is 0.455 e. The summed E-state index contributed by atoms with van der Waals surface area (Å²) in [4.78, 5) is 32.6. The highest BCUT2D eigenvalue weighted by Crippen LogP contribution is 2.41. The van der Waals surface area contributed by atoms with Crippen LogP contribution in [0.4, 0.5) is 0 Å². The number of nitrogens with zero attached hydrogens (tertiary/aromatic N) is 8. The quantitative estimate of drug-likeness (QED) is 0.254. The fourth-order valence-electron chi connectivity index (χ4n) is 5.51. The molecule has 0 spiro atoms. The highest BCUT2D eigenvalue weighted by molar-refractivity contribution is 7.25. The number of furan rings is 1. The molecular formula is C29H14N8OS. The summed E-state index contributed by atoms with van der Waals surface area (Å²) in [5.74, 6) is 0. The molecule has 0 saturated heterocycles. The van der Waals surface area contributed by atoms with Crippen LogP contribution < -0.4 is 0 Å². The van der Waals surface area contributed by atoms with Crippen molar-refractivity contribution in [2.75, 3.05) is 0 Å². The molecule has 0 saturated carbocycles. The molecule has 9 aromatic rings. The summed E-state index contributed by atoms with van der Waals surface area (Å²) in [6.45, 7) is 0. The molecule has 0 bridgehead atoms. The lowest BCUT2D eigenvalue weighted by Gasteiger charge is -2.08. The first-order valence-corrected chi connectivity index (χ1v) is 13.0. The summed E-state index contributed by atoms with van der Waals surface area (Å²) in [6.07, 6.45) is 19.8. The Morgan fingerprint density at radius 2 is 1.51 bits per heavy atom. The molecule has 0 N–H and O–H groups in total. The van der Waals surface area contributed by atoms with E-state index < -0.39 is 0 Å². The zero-order valence-electron chi connectivity index (χ0n) is 20.0. The van der Waals surface area contributed by atoms with Gasteiger partial charge in [0.15, 0.2) is 0 Å². The molecule has 9 rings (SSSR count). The van der Waals surface area contributed by atoms with E-state index in [-0.39, 0.29) is 0 Å². The Balaban J connectivity index is 1.38. The Bertz CT molecular complexity index is 2420.